The van der Waals surface area contributed by atoms with Crippen LogP contribution in [0, 0.1) is 0 Å². The highest BCUT2D eigenvalue weighted by Crippen LogP contribution is 2.21. The minimum Gasteiger partial charge on any atom is -0.508 e. The molecule has 0 saturated carbocycles. The van der Waals surface area contributed by atoms with Crippen molar-refractivity contribution in [3.05, 3.63) is 131 Å². The van der Waals surface area contributed by atoms with Gasteiger partial charge in [0.2, 0.25) is 0 Å². The summed E-state index contributed by atoms with van der Waals surface area (Å²) in [6.07, 6.45) is 8.01. The van der Waals surface area contributed by atoms with Gasteiger partial charge in [0.25, 0.3) is 0 Å². The first kappa shape index (κ1) is 20.7. The first-order chi connectivity index (χ1) is 14.7. The van der Waals surface area contributed by atoms with Gasteiger partial charge in [0.1, 0.15) is 11.5 Å². The topological polar surface area (TPSA) is 40.5 Å². The van der Waals surface area contributed by atoms with Crippen LogP contribution >= 0.6 is 0 Å². The van der Waals surface area contributed by atoms with E-state index >= 15 is 0 Å². The summed E-state index contributed by atoms with van der Waals surface area (Å²) in [5, 5.41) is 18.6. The van der Waals surface area contributed by atoms with E-state index in [0.29, 0.717) is 0 Å². The number of hydrogen-bond donors (Lipinski definition) is 2. The van der Waals surface area contributed by atoms with Gasteiger partial charge in [0.05, 0.1) is 0 Å². The maximum atomic E-state index is 9.30. The van der Waals surface area contributed by atoms with E-state index in [9.17, 15) is 10.2 Å². The summed E-state index contributed by atoms with van der Waals surface area (Å²) in [5.41, 5.74) is 4.30. The average molecular weight is 392 g/mol. The molecule has 0 unspecified atom stereocenters. The van der Waals surface area contributed by atoms with Gasteiger partial charge in [-0.05, 0) is 34.4 Å². The number of hydrogen-bond acceptors (Lipinski definition) is 2. The van der Waals surface area contributed by atoms with Gasteiger partial charge < -0.3 is 10.2 Å². The van der Waals surface area contributed by atoms with Crippen LogP contribution < -0.4 is 0 Å². The molecule has 0 spiro atoms. The van der Waals surface area contributed by atoms with E-state index in [0.717, 1.165) is 11.1 Å². The lowest BCUT2D eigenvalue weighted by atomic mass is 10.1. The van der Waals surface area contributed by atoms with Gasteiger partial charge in [0.15, 0.2) is 0 Å². The molecule has 0 fully saturated rings. The highest BCUT2D eigenvalue weighted by molar-refractivity contribution is 5.71. The molecular formula is C28H24O2. The predicted molar refractivity (Wildman–Crippen MR) is 127 cm³/mol. The largest absolute Gasteiger partial charge is 0.508 e. The third-order valence-corrected chi connectivity index (χ3v) is 4.26. The molecular weight excluding hydrogens is 368 g/mol. The minimum absolute atomic E-state index is 0.0627. The van der Waals surface area contributed by atoms with Gasteiger partial charge in [-0.3, -0.25) is 0 Å². The van der Waals surface area contributed by atoms with Crippen molar-refractivity contribution in [1.82, 2.24) is 0 Å². The smallest absolute Gasteiger partial charge is 0.119 e. The maximum Gasteiger partial charge on any atom is 0.119 e. The normalized spacial score (nSPS) is 10.7. The van der Waals surface area contributed by atoms with Crippen molar-refractivity contribution in [3.63, 3.8) is 0 Å². The minimum atomic E-state index is 0.0627. The molecule has 0 bridgehead atoms. The number of rotatable bonds is 4. The van der Waals surface area contributed by atoms with Gasteiger partial charge in [-0.15, -0.1) is 0 Å². The van der Waals surface area contributed by atoms with Crippen molar-refractivity contribution >= 4 is 24.3 Å². The van der Waals surface area contributed by atoms with Crippen LogP contribution in [0.2, 0.25) is 0 Å². The second-order valence-electron chi connectivity index (χ2n) is 6.68. The Hall–Kier alpha value is -4.04. The lowest BCUT2D eigenvalue weighted by Gasteiger charge is -1.98. The molecule has 148 valence electrons. The fourth-order valence-electron chi connectivity index (χ4n) is 2.79. The average Bonchev–Trinajstić information content (AvgIpc) is 2.78. The molecule has 0 aliphatic rings. The molecule has 0 aromatic heterocycles. The third kappa shape index (κ3) is 7.17. The van der Waals surface area contributed by atoms with Crippen LogP contribution in [0.5, 0.6) is 11.5 Å². The second-order valence-corrected chi connectivity index (χ2v) is 6.68. The molecule has 4 rings (SSSR count). The summed E-state index contributed by atoms with van der Waals surface area (Å²) in [7, 11) is 0. The van der Waals surface area contributed by atoms with Crippen LogP contribution in [0.15, 0.2) is 109 Å². The molecule has 4 aromatic carbocycles. The maximum absolute atomic E-state index is 9.30. The monoisotopic (exact) mass is 392 g/mol. The summed E-state index contributed by atoms with van der Waals surface area (Å²) < 4.78 is 0. The van der Waals surface area contributed by atoms with Crippen molar-refractivity contribution in [1.29, 1.82) is 0 Å². The summed E-state index contributed by atoms with van der Waals surface area (Å²) >= 11 is 0. The Morgan fingerprint density at radius 1 is 0.367 bits per heavy atom. The summed E-state index contributed by atoms with van der Waals surface area (Å²) in [5.74, 6) is 0.125. The highest BCUT2D eigenvalue weighted by atomic mass is 16.3. The fraction of sp³-hybridized carbons (Fsp3) is 0. The number of benzene rings is 4. The first-order valence-electron chi connectivity index (χ1n) is 9.73. The Balaban J connectivity index is 0.000000172. The van der Waals surface area contributed by atoms with Crippen LogP contribution in [-0.2, 0) is 0 Å². The number of phenols is 2. The van der Waals surface area contributed by atoms with Crippen LogP contribution in [0.1, 0.15) is 22.3 Å². The quantitative estimate of drug-likeness (QED) is 0.363. The molecule has 30 heavy (non-hydrogen) atoms. The van der Waals surface area contributed by atoms with E-state index in [1.165, 1.54) is 17.2 Å². The molecule has 0 saturated heterocycles. The Labute approximate surface area is 177 Å². The van der Waals surface area contributed by atoms with Crippen LogP contribution in [0.25, 0.3) is 24.3 Å². The van der Waals surface area contributed by atoms with E-state index < -0.39 is 0 Å². The Bertz CT molecular complexity index is 1020. The van der Waals surface area contributed by atoms with Gasteiger partial charge in [-0.2, -0.15) is 0 Å². The standard InChI is InChI=1S/C14H12O2.C14H12/c15-13-8-12(9-14(16)10-13)7-6-11-4-2-1-3-5-11;1-3-7-13(8-4-1)11-12-14-9-5-2-6-10-14/h1-10,15-16H;1-12H/b7-6+;. The zero-order valence-electron chi connectivity index (χ0n) is 16.6. The van der Waals surface area contributed by atoms with E-state index in [1.807, 2.05) is 78.9 Å². The van der Waals surface area contributed by atoms with Gasteiger partial charge in [-0.1, -0.05) is 115 Å². The third-order valence-electron chi connectivity index (χ3n) is 4.26. The molecule has 4 aromatic rings. The van der Waals surface area contributed by atoms with Gasteiger partial charge in [-0.25, -0.2) is 0 Å². The zero-order valence-corrected chi connectivity index (χ0v) is 16.6. The van der Waals surface area contributed by atoms with Crippen LogP contribution in [-0.4, -0.2) is 10.2 Å². The van der Waals surface area contributed by atoms with Gasteiger partial charge in [0, 0.05) is 6.07 Å². The van der Waals surface area contributed by atoms with E-state index in [1.54, 1.807) is 12.1 Å². The molecule has 0 radical (unpaired) electrons. The van der Waals surface area contributed by atoms with E-state index in [4.69, 9.17) is 0 Å². The van der Waals surface area contributed by atoms with E-state index in [-0.39, 0.29) is 11.5 Å². The van der Waals surface area contributed by atoms with Gasteiger partial charge >= 0.3 is 0 Å². The van der Waals surface area contributed by atoms with Crippen molar-refractivity contribution in [2.75, 3.05) is 0 Å². The molecule has 0 aliphatic heterocycles. The molecule has 0 atom stereocenters. The van der Waals surface area contributed by atoms with Crippen LogP contribution in [0.3, 0.4) is 0 Å². The summed E-state index contributed by atoms with van der Waals surface area (Å²) in [4.78, 5) is 0. The highest BCUT2D eigenvalue weighted by Gasteiger charge is 1.95. The summed E-state index contributed by atoms with van der Waals surface area (Å²) in [6, 6.07) is 35.0. The lowest BCUT2D eigenvalue weighted by molar-refractivity contribution is 0.450. The molecule has 2 N–H and O–H groups in total. The van der Waals surface area contributed by atoms with Crippen molar-refractivity contribution in [2.24, 2.45) is 0 Å². The van der Waals surface area contributed by atoms with Crippen LogP contribution in [0.4, 0.5) is 0 Å². The molecule has 2 heteroatoms. The molecule has 0 aliphatic carbocycles. The fourth-order valence-corrected chi connectivity index (χ4v) is 2.79. The summed E-state index contributed by atoms with van der Waals surface area (Å²) in [6.45, 7) is 0. The molecule has 0 heterocycles. The van der Waals surface area contributed by atoms with E-state index in [2.05, 4.69) is 36.4 Å². The first-order valence-corrected chi connectivity index (χ1v) is 9.73. The second kappa shape index (κ2) is 11.1. The predicted octanol–water partition coefficient (Wildman–Crippen LogP) is 7.13. The number of aromatic hydroxyl groups is 2. The number of phenolic OH excluding ortho intramolecular Hbond substituents is 2. The Morgan fingerprint density at radius 2 is 0.667 bits per heavy atom. The van der Waals surface area contributed by atoms with Crippen molar-refractivity contribution in [3.8, 4) is 11.5 Å². The Kier molecular flexibility index (Phi) is 7.64. The zero-order chi connectivity index (χ0) is 21.0. The van der Waals surface area contributed by atoms with Crippen molar-refractivity contribution in [2.45, 2.75) is 0 Å². The van der Waals surface area contributed by atoms with Crippen molar-refractivity contribution < 1.29 is 10.2 Å². The SMILES string of the molecule is C(=Cc1ccccc1)c1ccccc1.Oc1cc(O)cc(/C=C/c2ccccc2)c1. The molecule has 0 amide bonds. The lowest BCUT2D eigenvalue weighted by Crippen LogP contribution is -1.74. The Morgan fingerprint density at radius 3 is 1.00 bits per heavy atom. The molecule has 2 nitrogen and oxygen atoms in total.